The second-order valence-electron chi connectivity index (χ2n) is 9.29. The molecular formula is C33H18O3. The third kappa shape index (κ3) is 2.65. The quantitative estimate of drug-likeness (QED) is 0.146. The fraction of sp³-hybridized carbons (Fsp3) is 0. The molecule has 0 aliphatic heterocycles. The number of rotatable bonds is 2. The van der Waals surface area contributed by atoms with Gasteiger partial charge in [-0.25, -0.2) is 4.79 Å². The molecule has 8 rings (SSSR count). The van der Waals surface area contributed by atoms with Crippen LogP contribution >= 0.6 is 0 Å². The van der Waals surface area contributed by atoms with Gasteiger partial charge in [0.25, 0.3) is 0 Å². The highest BCUT2D eigenvalue weighted by Crippen LogP contribution is 2.40. The van der Waals surface area contributed by atoms with Gasteiger partial charge in [-0.1, -0.05) is 84.9 Å². The van der Waals surface area contributed by atoms with E-state index < -0.39 is 6.16 Å². The number of carbonyl (C=O) groups is 1. The zero-order valence-electron chi connectivity index (χ0n) is 19.1. The van der Waals surface area contributed by atoms with E-state index in [9.17, 15) is 4.79 Å². The van der Waals surface area contributed by atoms with Gasteiger partial charge in [-0.15, -0.1) is 0 Å². The van der Waals surface area contributed by atoms with Gasteiger partial charge in [0.05, 0.1) is 0 Å². The molecule has 0 fully saturated rings. The van der Waals surface area contributed by atoms with Gasteiger partial charge in [0.2, 0.25) is 0 Å². The van der Waals surface area contributed by atoms with Crippen LogP contribution in [-0.4, -0.2) is 6.16 Å². The van der Waals surface area contributed by atoms with E-state index in [1.807, 2.05) is 36.4 Å². The Morgan fingerprint density at radius 1 is 0.389 bits per heavy atom. The van der Waals surface area contributed by atoms with Crippen molar-refractivity contribution in [2.24, 2.45) is 0 Å². The lowest BCUT2D eigenvalue weighted by Gasteiger charge is -2.15. The molecular weight excluding hydrogens is 444 g/mol. The van der Waals surface area contributed by atoms with Crippen LogP contribution in [0.4, 0.5) is 4.79 Å². The summed E-state index contributed by atoms with van der Waals surface area (Å²) in [6, 6.07) is 36.9. The zero-order valence-corrected chi connectivity index (χ0v) is 19.1. The van der Waals surface area contributed by atoms with Crippen LogP contribution < -0.4 is 9.47 Å². The first-order valence-electron chi connectivity index (χ1n) is 12.0. The van der Waals surface area contributed by atoms with Crippen LogP contribution in [0.15, 0.2) is 109 Å². The van der Waals surface area contributed by atoms with E-state index in [0.29, 0.717) is 11.5 Å². The molecule has 3 nitrogen and oxygen atoms in total. The van der Waals surface area contributed by atoms with Crippen molar-refractivity contribution in [3.05, 3.63) is 109 Å². The van der Waals surface area contributed by atoms with Crippen molar-refractivity contribution >= 4 is 70.8 Å². The SMILES string of the molecule is O=C(Oc1ccc2ccc3cccc4ccc1c2c34)Oc1ccc2ccc3cccc4ccc1c2c34. The predicted molar refractivity (Wildman–Crippen MR) is 147 cm³/mol. The van der Waals surface area contributed by atoms with E-state index in [2.05, 4.69) is 72.8 Å². The topological polar surface area (TPSA) is 35.5 Å². The summed E-state index contributed by atoms with van der Waals surface area (Å²) in [6.45, 7) is 0. The number of hydrogen-bond acceptors (Lipinski definition) is 3. The average molecular weight is 463 g/mol. The monoisotopic (exact) mass is 462 g/mol. The Labute approximate surface area is 205 Å². The Bertz CT molecular complexity index is 1940. The molecule has 0 radical (unpaired) electrons. The summed E-state index contributed by atoms with van der Waals surface area (Å²) in [5.74, 6) is 0.979. The molecule has 0 bridgehead atoms. The molecule has 168 valence electrons. The Kier molecular flexibility index (Phi) is 3.81. The van der Waals surface area contributed by atoms with Gasteiger partial charge in [-0.05, 0) is 67.4 Å². The average Bonchev–Trinajstić information content (AvgIpc) is 2.92. The van der Waals surface area contributed by atoms with E-state index in [0.717, 1.165) is 32.3 Å². The molecule has 3 heteroatoms. The van der Waals surface area contributed by atoms with E-state index >= 15 is 0 Å². The number of hydrogen-bond donors (Lipinski definition) is 0. The highest BCUT2D eigenvalue weighted by Gasteiger charge is 2.17. The van der Waals surface area contributed by atoms with Crippen molar-refractivity contribution in [2.75, 3.05) is 0 Å². The highest BCUT2D eigenvalue weighted by atomic mass is 16.7. The Morgan fingerprint density at radius 3 is 1.14 bits per heavy atom. The van der Waals surface area contributed by atoms with Crippen LogP contribution in [0.1, 0.15) is 0 Å². The lowest BCUT2D eigenvalue weighted by atomic mass is 9.94. The maximum atomic E-state index is 13.1. The van der Waals surface area contributed by atoms with Gasteiger partial charge >= 0.3 is 6.16 Å². The molecule has 0 atom stereocenters. The molecule has 0 unspecified atom stereocenters. The number of ether oxygens (including phenoxy) is 2. The van der Waals surface area contributed by atoms with Crippen LogP contribution in [-0.2, 0) is 0 Å². The largest absolute Gasteiger partial charge is 0.519 e. The normalized spacial score (nSPS) is 12.0. The molecule has 0 aromatic heterocycles. The Morgan fingerprint density at radius 2 is 0.722 bits per heavy atom. The van der Waals surface area contributed by atoms with Crippen LogP contribution in [0.2, 0.25) is 0 Å². The molecule has 0 amide bonds. The molecule has 8 aromatic rings. The van der Waals surface area contributed by atoms with Crippen LogP contribution in [0, 0.1) is 0 Å². The molecule has 8 aromatic carbocycles. The van der Waals surface area contributed by atoms with Crippen molar-refractivity contribution in [1.82, 2.24) is 0 Å². The third-order valence-corrected chi connectivity index (χ3v) is 7.36. The summed E-state index contributed by atoms with van der Waals surface area (Å²) in [4.78, 5) is 13.1. The van der Waals surface area contributed by atoms with Crippen molar-refractivity contribution in [3.8, 4) is 11.5 Å². The second-order valence-corrected chi connectivity index (χ2v) is 9.29. The minimum atomic E-state index is -0.750. The molecule has 36 heavy (non-hydrogen) atoms. The van der Waals surface area contributed by atoms with Gasteiger partial charge in [-0.3, -0.25) is 0 Å². The van der Waals surface area contributed by atoms with Gasteiger partial charge in [-0.2, -0.15) is 0 Å². The zero-order chi connectivity index (χ0) is 23.8. The van der Waals surface area contributed by atoms with E-state index in [1.165, 1.54) is 32.3 Å². The van der Waals surface area contributed by atoms with Crippen molar-refractivity contribution in [1.29, 1.82) is 0 Å². The van der Waals surface area contributed by atoms with Crippen molar-refractivity contribution in [3.63, 3.8) is 0 Å². The van der Waals surface area contributed by atoms with Gasteiger partial charge in [0.1, 0.15) is 11.5 Å². The first-order chi connectivity index (χ1) is 17.7. The van der Waals surface area contributed by atoms with Gasteiger partial charge in [0.15, 0.2) is 0 Å². The molecule has 0 aliphatic carbocycles. The molecule has 0 saturated heterocycles. The van der Waals surface area contributed by atoms with E-state index in [-0.39, 0.29) is 0 Å². The summed E-state index contributed by atoms with van der Waals surface area (Å²) >= 11 is 0. The lowest BCUT2D eigenvalue weighted by molar-refractivity contribution is 0.153. The highest BCUT2D eigenvalue weighted by molar-refractivity contribution is 6.25. The van der Waals surface area contributed by atoms with Crippen LogP contribution in [0.5, 0.6) is 11.5 Å². The molecule has 0 N–H and O–H groups in total. The molecule has 0 heterocycles. The maximum absolute atomic E-state index is 13.1. The van der Waals surface area contributed by atoms with Crippen LogP contribution in [0.3, 0.4) is 0 Å². The maximum Gasteiger partial charge on any atom is 0.519 e. The standard InChI is InChI=1S/C33H18O3/c34-33(35-27-17-13-23-9-7-19-3-1-5-21-11-15-25(27)31(23)29(19)21)36-28-18-14-24-10-8-20-4-2-6-22-12-16-26(28)32(24)30(20)22/h1-18H. The third-order valence-electron chi connectivity index (χ3n) is 7.36. The Balaban J connectivity index is 1.22. The lowest BCUT2D eigenvalue weighted by Crippen LogP contribution is -2.14. The predicted octanol–water partition coefficient (Wildman–Crippen LogP) is 9.06. The molecule has 0 aliphatic rings. The minimum absolute atomic E-state index is 0.489. The van der Waals surface area contributed by atoms with Gasteiger partial charge in [0, 0.05) is 21.5 Å². The first kappa shape index (κ1) is 19.4. The van der Waals surface area contributed by atoms with Crippen molar-refractivity contribution < 1.29 is 14.3 Å². The van der Waals surface area contributed by atoms with E-state index in [1.54, 1.807) is 0 Å². The Hall–Kier alpha value is -4.89. The minimum Gasteiger partial charge on any atom is -0.394 e. The molecule has 0 saturated carbocycles. The van der Waals surface area contributed by atoms with Crippen molar-refractivity contribution in [2.45, 2.75) is 0 Å². The fourth-order valence-electron chi connectivity index (χ4n) is 5.80. The smallest absolute Gasteiger partial charge is 0.394 e. The summed E-state index contributed by atoms with van der Waals surface area (Å²) in [7, 11) is 0. The summed E-state index contributed by atoms with van der Waals surface area (Å²) in [6.07, 6.45) is -0.750. The van der Waals surface area contributed by atoms with E-state index in [4.69, 9.17) is 9.47 Å². The fourth-order valence-corrected chi connectivity index (χ4v) is 5.80. The number of benzene rings is 8. The first-order valence-corrected chi connectivity index (χ1v) is 12.0. The second kappa shape index (κ2) is 7.06. The van der Waals surface area contributed by atoms with Crippen LogP contribution in [0.25, 0.3) is 64.6 Å². The summed E-state index contributed by atoms with van der Waals surface area (Å²) < 4.78 is 11.6. The number of carbonyl (C=O) groups excluding carboxylic acids is 1. The van der Waals surface area contributed by atoms with Gasteiger partial charge < -0.3 is 9.47 Å². The summed E-state index contributed by atoms with van der Waals surface area (Å²) in [5.41, 5.74) is 0. The molecule has 0 spiro atoms. The summed E-state index contributed by atoms with van der Waals surface area (Å²) in [5, 5.41) is 13.2.